The largest absolute Gasteiger partial charge is 0.462 e. The summed E-state index contributed by atoms with van der Waals surface area (Å²) in [5.74, 6) is -2.08. The number of nitrogens with zero attached hydrogens (tertiary/aromatic N) is 1. The first-order chi connectivity index (χ1) is 26.4. The van der Waals surface area contributed by atoms with Gasteiger partial charge in [-0.05, 0) is 66.5 Å². The quantitative estimate of drug-likeness (QED) is 0.120. The first-order valence-corrected chi connectivity index (χ1v) is 20.2. The molecule has 3 rings (SSSR count). The molecule has 0 aromatic carbocycles. The van der Waals surface area contributed by atoms with Gasteiger partial charge in [0.25, 0.3) is 0 Å². The molecular weight excluding hydrogens is 730 g/mol. The van der Waals surface area contributed by atoms with E-state index in [4.69, 9.17) is 33.2 Å². The first kappa shape index (κ1) is 48.1. The molecule has 2 saturated heterocycles. The zero-order chi connectivity index (χ0) is 41.7. The number of carbonyl (C=O) groups excluding carboxylic acids is 3. The highest BCUT2D eigenvalue weighted by Crippen LogP contribution is 2.37. The van der Waals surface area contributed by atoms with Crippen molar-refractivity contribution in [3.05, 3.63) is 24.3 Å². The Balaban J connectivity index is 1.88. The van der Waals surface area contributed by atoms with Crippen molar-refractivity contribution in [3.8, 4) is 0 Å². The first-order valence-electron chi connectivity index (χ1n) is 20.2. The molecule has 15 heteroatoms. The van der Waals surface area contributed by atoms with Crippen LogP contribution in [0.5, 0.6) is 0 Å². The van der Waals surface area contributed by atoms with Gasteiger partial charge in [-0.25, -0.2) is 0 Å². The molecule has 322 valence electrons. The van der Waals surface area contributed by atoms with E-state index in [9.17, 15) is 34.8 Å². The second-order valence-electron chi connectivity index (χ2n) is 16.2. The van der Waals surface area contributed by atoms with Crippen molar-refractivity contribution in [1.82, 2.24) is 4.90 Å². The molecule has 0 aromatic rings. The summed E-state index contributed by atoms with van der Waals surface area (Å²) < 4.78 is 42.5. The van der Waals surface area contributed by atoms with Crippen LogP contribution in [-0.4, -0.2) is 150 Å². The van der Waals surface area contributed by atoms with E-state index in [0.717, 1.165) is 19.1 Å². The highest BCUT2D eigenvalue weighted by molar-refractivity contribution is 5.70. The van der Waals surface area contributed by atoms with E-state index in [1.807, 2.05) is 19.9 Å². The molecule has 3 heterocycles. The predicted octanol–water partition coefficient (Wildman–Crippen LogP) is 2.98. The van der Waals surface area contributed by atoms with Crippen LogP contribution in [0.3, 0.4) is 0 Å². The molecule has 0 bridgehead atoms. The summed E-state index contributed by atoms with van der Waals surface area (Å²) in [6, 6.07) is -0.751. The zero-order valence-electron chi connectivity index (χ0n) is 34.7. The van der Waals surface area contributed by atoms with Crippen LogP contribution >= 0.6 is 0 Å². The van der Waals surface area contributed by atoms with E-state index in [0.29, 0.717) is 12.8 Å². The fourth-order valence-corrected chi connectivity index (χ4v) is 7.97. The summed E-state index contributed by atoms with van der Waals surface area (Å²) >= 11 is 0. The predicted molar refractivity (Wildman–Crippen MR) is 205 cm³/mol. The molecule has 0 saturated carbocycles. The Hall–Kier alpha value is -2.31. The van der Waals surface area contributed by atoms with Crippen LogP contribution < -0.4 is 0 Å². The van der Waals surface area contributed by atoms with Crippen LogP contribution in [0.25, 0.3) is 0 Å². The number of allylic oxidation sites excluding steroid dienone is 2. The third-order valence-corrected chi connectivity index (χ3v) is 11.0. The molecule has 15 nitrogen and oxygen atoms in total. The lowest BCUT2D eigenvalue weighted by atomic mass is 9.82. The average Bonchev–Trinajstić information content (AvgIpc) is 3.10. The molecule has 2 fully saturated rings. The molecule has 0 amide bonds. The van der Waals surface area contributed by atoms with E-state index in [1.54, 1.807) is 64.9 Å². The number of cyclic esters (lactones) is 1. The highest BCUT2D eigenvalue weighted by Gasteiger charge is 2.52. The van der Waals surface area contributed by atoms with Crippen LogP contribution in [0, 0.1) is 11.8 Å². The van der Waals surface area contributed by atoms with Crippen molar-refractivity contribution < 1.29 is 68.0 Å². The van der Waals surface area contributed by atoms with Crippen LogP contribution in [0.4, 0.5) is 0 Å². The molecule has 0 aliphatic carbocycles. The summed E-state index contributed by atoms with van der Waals surface area (Å²) in [5, 5.41) is 45.8. The van der Waals surface area contributed by atoms with Gasteiger partial charge < -0.3 is 63.3 Å². The van der Waals surface area contributed by atoms with E-state index in [1.165, 1.54) is 7.11 Å². The number of methoxy groups -OCH3 is 1. The van der Waals surface area contributed by atoms with Crippen molar-refractivity contribution in [1.29, 1.82) is 0 Å². The maximum absolute atomic E-state index is 12.9. The van der Waals surface area contributed by atoms with Crippen LogP contribution in [0.15, 0.2) is 24.3 Å². The second kappa shape index (κ2) is 22.7. The van der Waals surface area contributed by atoms with Gasteiger partial charge in [0.2, 0.25) is 0 Å². The van der Waals surface area contributed by atoms with Crippen molar-refractivity contribution in [2.75, 3.05) is 21.2 Å². The number of hydrogen-bond acceptors (Lipinski definition) is 15. The van der Waals surface area contributed by atoms with Gasteiger partial charge in [0.15, 0.2) is 18.7 Å². The van der Waals surface area contributed by atoms with Gasteiger partial charge >= 0.3 is 11.9 Å². The fourth-order valence-electron chi connectivity index (χ4n) is 7.97. The Morgan fingerprint density at radius 1 is 1.02 bits per heavy atom. The molecule has 3 aliphatic heterocycles. The molecule has 0 aromatic heterocycles. The summed E-state index contributed by atoms with van der Waals surface area (Å²) in [4.78, 5) is 39.3. The second-order valence-corrected chi connectivity index (χ2v) is 16.2. The Morgan fingerprint density at radius 3 is 2.36 bits per heavy atom. The Kier molecular flexibility index (Phi) is 19.5. The van der Waals surface area contributed by atoms with Gasteiger partial charge in [-0.2, -0.15) is 0 Å². The van der Waals surface area contributed by atoms with E-state index >= 15 is 0 Å². The molecule has 56 heavy (non-hydrogen) atoms. The summed E-state index contributed by atoms with van der Waals surface area (Å²) in [7, 11) is 4.87. The summed E-state index contributed by atoms with van der Waals surface area (Å²) in [6.45, 7) is 10.6. The normalized spacial score (nSPS) is 40.6. The minimum absolute atomic E-state index is 0.0246. The number of unbranched alkanes of at least 4 members (excludes halogenated alkanes) is 2. The standard InChI is InChI=1S/C41H69NO14/c1-10-11-13-18-31(46)54-39-27(5)52-33(23-41(39,6)49)55-36-26(4)53-40(35(48)34(36)42(7)8)56-37-28(19-20-43)21-24(2)29(44)17-15-12-14-16-25(3)51-32(47)22-30(45)38(37)50-9/h12,14-15,17,20,24-30,33-40,44-45,48-49H,10-11,13,16,18-19,21-23H2,1-9H3/t24-,25-,26-,27+,28+,29+,30-,33+,34-,35-,36-,37+,38+,39+,40+,41-/m1/s1. The Labute approximate surface area is 332 Å². The number of rotatable bonds is 13. The van der Waals surface area contributed by atoms with E-state index in [-0.39, 0.29) is 31.6 Å². The Morgan fingerprint density at radius 2 is 1.73 bits per heavy atom. The van der Waals surface area contributed by atoms with Gasteiger partial charge in [-0.3, -0.25) is 9.59 Å². The average molecular weight is 800 g/mol. The van der Waals surface area contributed by atoms with Crippen molar-refractivity contribution in [2.45, 2.75) is 185 Å². The maximum atomic E-state index is 12.9. The molecule has 0 spiro atoms. The van der Waals surface area contributed by atoms with Gasteiger partial charge in [0.05, 0.1) is 43.0 Å². The van der Waals surface area contributed by atoms with Crippen LogP contribution in [0.2, 0.25) is 0 Å². The lowest BCUT2D eigenvalue weighted by Crippen LogP contribution is -2.66. The van der Waals surface area contributed by atoms with Gasteiger partial charge in [0, 0.05) is 32.8 Å². The maximum Gasteiger partial charge on any atom is 0.308 e. The number of aliphatic hydroxyl groups is 4. The summed E-state index contributed by atoms with van der Waals surface area (Å²) in [6.07, 6.45) is -1.26. The van der Waals surface area contributed by atoms with Crippen LogP contribution in [-0.2, 0) is 47.5 Å². The zero-order valence-corrected chi connectivity index (χ0v) is 34.7. The molecule has 4 N–H and O–H groups in total. The summed E-state index contributed by atoms with van der Waals surface area (Å²) in [5.41, 5.74) is -1.48. The number of aldehydes is 1. The number of esters is 2. The number of hydrogen-bond donors (Lipinski definition) is 4. The topological polar surface area (TPSA) is 200 Å². The molecule has 3 aliphatic rings. The molecule has 0 radical (unpaired) electrons. The van der Waals surface area contributed by atoms with Crippen molar-refractivity contribution >= 4 is 18.2 Å². The molecule has 0 unspecified atom stereocenters. The SMILES string of the molecule is CCCCCC(=O)O[C@H]1[C@H](C)O[C@@H](O[C@H]2[C@H](N(C)C)[C@@H](O)[C@H](O[C@H]3[C@@H](CC=O)C[C@@H](C)[C@@H](O)C=CC=CC[C@@H](C)OC(=O)C[C@@H](O)[C@@H]3OC)O[C@@H]2C)C[C@@]1(C)O. The minimum atomic E-state index is -1.48. The molecular formula is C41H69NO14. The van der Waals surface area contributed by atoms with Gasteiger partial charge in [-0.15, -0.1) is 0 Å². The number of carbonyl (C=O) groups is 3. The van der Waals surface area contributed by atoms with Gasteiger partial charge in [0.1, 0.15) is 36.3 Å². The number of likely N-dealkylation sites (N-methyl/N-ethyl adjacent to an activating group) is 1. The smallest absolute Gasteiger partial charge is 0.308 e. The monoisotopic (exact) mass is 799 g/mol. The number of ether oxygens (including phenoxy) is 7. The Bertz CT molecular complexity index is 1280. The van der Waals surface area contributed by atoms with Crippen molar-refractivity contribution in [2.24, 2.45) is 11.8 Å². The lowest BCUT2D eigenvalue weighted by Gasteiger charge is -2.50. The fraction of sp³-hybridized carbons (Fsp3) is 0.829. The van der Waals surface area contributed by atoms with E-state index in [2.05, 4.69) is 0 Å². The third-order valence-electron chi connectivity index (χ3n) is 11.0. The minimum Gasteiger partial charge on any atom is -0.462 e. The highest BCUT2D eigenvalue weighted by atomic mass is 16.7. The lowest BCUT2D eigenvalue weighted by molar-refractivity contribution is -0.344. The van der Waals surface area contributed by atoms with E-state index < -0.39 is 110 Å². The van der Waals surface area contributed by atoms with Crippen molar-refractivity contribution in [3.63, 3.8) is 0 Å². The third kappa shape index (κ3) is 13.6. The molecule has 16 atom stereocenters. The number of aliphatic hydroxyl groups excluding tert-OH is 3. The van der Waals surface area contributed by atoms with Crippen LogP contribution in [0.1, 0.15) is 99.3 Å². The van der Waals surface area contributed by atoms with Gasteiger partial charge in [-0.1, -0.05) is 51.0 Å².